The number of rotatable bonds is 3. The lowest BCUT2D eigenvalue weighted by Gasteiger charge is -2.36. The van der Waals surface area contributed by atoms with Gasteiger partial charge in [0.1, 0.15) is 0 Å². The third-order valence-electron chi connectivity index (χ3n) is 5.36. The Labute approximate surface area is 126 Å². The van der Waals surface area contributed by atoms with Crippen LogP contribution in [0.15, 0.2) is 6.20 Å². The van der Waals surface area contributed by atoms with Crippen molar-refractivity contribution in [3.8, 4) is 0 Å². The molecule has 1 aromatic rings. The molecule has 1 amide bonds. The summed E-state index contributed by atoms with van der Waals surface area (Å²) in [4.78, 5) is 12.8. The summed E-state index contributed by atoms with van der Waals surface area (Å²) in [6.45, 7) is 0.464. The average molecular weight is 290 g/mol. The fraction of sp³-hybridized carbons (Fsp3) is 0.750. The van der Waals surface area contributed by atoms with Crippen LogP contribution in [0.5, 0.6) is 0 Å². The maximum Gasteiger partial charge on any atom is 0.227 e. The molecular formula is C16H26N4O. The molecule has 0 radical (unpaired) electrons. The minimum atomic E-state index is -0.335. The van der Waals surface area contributed by atoms with E-state index < -0.39 is 0 Å². The Morgan fingerprint density at radius 1 is 1.43 bits per heavy atom. The molecule has 1 atom stereocenters. The molecule has 0 saturated heterocycles. The second-order valence-electron chi connectivity index (χ2n) is 6.63. The van der Waals surface area contributed by atoms with Crippen LogP contribution in [0.1, 0.15) is 62.2 Å². The molecule has 1 heterocycles. The normalized spacial score (nSPS) is 24.4. The van der Waals surface area contributed by atoms with E-state index in [-0.39, 0.29) is 17.4 Å². The van der Waals surface area contributed by atoms with Gasteiger partial charge < -0.3 is 11.1 Å². The minimum Gasteiger partial charge on any atom is -0.349 e. The number of carbonyl (C=O) groups is 1. The summed E-state index contributed by atoms with van der Waals surface area (Å²) in [5.41, 5.74) is 8.09. The molecule has 3 rings (SSSR count). The topological polar surface area (TPSA) is 72.9 Å². The second-order valence-corrected chi connectivity index (χ2v) is 6.63. The Kier molecular flexibility index (Phi) is 4.02. The Morgan fingerprint density at radius 2 is 2.19 bits per heavy atom. The highest BCUT2D eigenvalue weighted by atomic mass is 16.2. The lowest BCUT2D eigenvalue weighted by molar-refractivity contribution is -0.133. The van der Waals surface area contributed by atoms with E-state index in [1.807, 2.05) is 17.9 Å². The number of nitrogens with two attached hydrogens (primary N) is 1. The number of amides is 1. The van der Waals surface area contributed by atoms with Crippen molar-refractivity contribution in [1.29, 1.82) is 0 Å². The number of aryl methyl sites for hydroxylation is 1. The molecular weight excluding hydrogens is 264 g/mol. The molecule has 1 aromatic heterocycles. The Hall–Kier alpha value is -1.36. The third kappa shape index (κ3) is 2.59. The largest absolute Gasteiger partial charge is 0.349 e. The fourth-order valence-electron chi connectivity index (χ4n) is 3.92. The van der Waals surface area contributed by atoms with E-state index in [1.165, 1.54) is 17.7 Å². The zero-order valence-corrected chi connectivity index (χ0v) is 12.9. The highest BCUT2D eigenvalue weighted by Crippen LogP contribution is 2.37. The number of carbonyl (C=O) groups excluding carboxylic acids is 1. The molecule has 1 unspecified atom stereocenters. The van der Waals surface area contributed by atoms with Crippen molar-refractivity contribution in [2.45, 2.75) is 57.4 Å². The summed E-state index contributed by atoms with van der Waals surface area (Å²) in [7, 11) is 1.98. The standard InChI is InChI=1S/C16H26N4O/c1-20-14-7-5-6-13(12(14)10-18-20)19-15(21)16(11-17)8-3-2-4-9-16/h10,13H,2-9,11,17H2,1H3,(H,19,21). The first kappa shape index (κ1) is 14.6. The average Bonchev–Trinajstić information content (AvgIpc) is 2.90. The lowest BCUT2D eigenvalue weighted by atomic mass is 9.73. The number of hydrogen-bond acceptors (Lipinski definition) is 3. The SMILES string of the molecule is Cn1ncc2c1CCCC2NC(=O)C1(CN)CCCCC1. The van der Waals surface area contributed by atoms with Crippen molar-refractivity contribution >= 4 is 5.91 Å². The number of fused-ring (bicyclic) bond motifs is 1. The van der Waals surface area contributed by atoms with Gasteiger partial charge in [0.05, 0.1) is 17.7 Å². The van der Waals surface area contributed by atoms with Gasteiger partial charge in [0, 0.05) is 24.8 Å². The lowest BCUT2D eigenvalue weighted by Crippen LogP contribution is -2.48. The van der Waals surface area contributed by atoms with E-state index in [1.54, 1.807) is 0 Å². The highest BCUT2D eigenvalue weighted by Gasteiger charge is 2.39. The van der Waals surface area contributed by atoms with E-state index in [9.17, 15) is 4.79 Å². The quantitative estimate of drug-likeness (QED) is 0.892. The summed E-state index contributed by atoms with van der Waals surface area (Å²) < 4.78 is 1.94. The van der Waals surface area contributed by atoms with E-state index >= 15 is 0 Å². The van der Waals surface area contributed by atoms with E-state index in [0.29, 0.717) is 6.54 Å². The smallest absolute Gasteiger partial charge is 0.227 e. The summed E-state index contributed by atoms with van der Waals surface area (Å²) in [6, 6.07) is 0.111. The van der Waals surface area contributed by atoms with Gasteiger partial charge in [-0.05, 0) is 32.1 Å². The van der Waals surface area contributed by atoms with Crippen molar-refractivity contribution in [2.24, 2.45) is 18.2 Å². The molecule has 21 heavy (non-hydrogen) atoms. The Morgan fingerprint density at radius 3 is 2.90 bits per heavy atom. The first-order valence-corrected chi connectivity index (χ1v) is 8.18. The molecule has 1 saturated carbocycles. The summed E-state index contributed by atoms with van der Waals surface area (Å²) in [6.07, 6.45) is 10.4. The molecule has 3 N–H and O–H groups in total. The van der Waals surface area contributed by atoms with Crippen molar-refractivity contribution < 1.29 is 4.79 Å². The first-order chi connectivity index (χ1) is 10.2. The van der Waals surface area contributed by atoms with Gasteiger partial charge >= 0.3 is 0 Å². The van der Waals surface area contributed by atoms with Gasteiger partial charge in [-0.15, -0.1) is 0 Å². The van der Waals surface area contributed by atoms with Crippen LogP contribution in [-0.4, -0.2) is 22.2 Å². The van der Waals surface area contributed by atoms with Crippen LogP contribution in [0.4, 0.5) is 0 Å². The molecule has 0 bridgehead atoms. The van der Waals surface area contributed by atoms with Crippen LogP contribution in [0.2, 0.25) is 0 Å². The fourth-order valence-corrected chi connectivity index (χ4v) is 3.92. The number of nitrogens with zero attached hydrogens (tertiary/aromatic N) is 2. The zero-order valence-electron chi connectivity index (χ0n) is 12.9. The maximum absolute atomic E-state index is 12.8. The van der Waals surface area contributed by atoms with E-state index in [4.69, 9.17) is 5.73 Å². The van der Waals surface area contributed by atoms with Crippen LogP contribution in [0, 0.1) is 5.41 Å². The first-order valence-electron chi connectivity index (χ1n) is 8.18. The molecule has 0 aromatic carbocycles. The summed E-state index contributed by atoms with van der Waals surface area (Å²) in [5, 5.41) is 7.62. The van der Waals surface area contributed by atoms with E-state index in [2.05, 4.69) is 10.4 Å². The predicted molar refractivity (Wildman–Crippen MR) is 81.6 cm³/mol. The predicted octanol–water partition coefficient (Wildman–Crippen LogP) is 1.82. The number of aromatic nitrogens is 2. The van der Waals surface area contributed by atoms with Gasteiger partial charge in [0.15, 0.2) is 0 Å². The van der Waals surface area contributed by atoms with Gasteiger partial charge in [-0.25, -0.2) is 0 Å². The van der Waals surface area contributed by atoms with Crippen molar-refractivity contribution in [1.82, 2.24) is 15.1 Å². The van der Waals surface area contributed by atoms with Gasteiger partial charge in [0.2, 0.25) is 5.91 Å². The van der Waals surface area contributed by atoms with Crippen LogP contribution in [-0.2, 0) is 18.3 Å². The zero-order chi connectivity index (χ0) is 14.9. The maximum atomic E-state index is 12.8. The molecule has 2 aliphatic rings. The van der Waals surface area contributed by atoms with Gasteiger partial charge in [-0.3, -0.25) is 9.48 Å². The Balaban J connectivity index is 1.76. The third-order valence-corrected chi connectivity index (χ3v) is 5.36. The number of nitrogens with one attached hydrogen (secondary N) is 1. The van der Waals surface area contributed by atoms with Gasteiger partial charge in [-0.1, -0.05) is 19.3 Å². The molecule has 5 nitrogen and oxygen atoms in total. The van der Waals surface area contributed by atoms with Crippen LogP contribution in [0.25, 0.3) is 0 Å². The molecule has 1 fully saturated rings. The van der Waals surface area contributed by atoms with Crippen LogP contribution in [0.3, 0.4) is 0 Å². The summed E-state index contributed by atoms with van der Waals surface area (Å²) in [5.74, 6) is 0.159. The van der Waals surface area contributed by atoms with Crippen molar-refractivity contribution in [3.05, 3.63) is 17.5 Å². The van der Waals surface area contributed by atoms with Crippen molar-refractivity contribution in [3.63, 3.8) is 0 Å². The highest BCUT2D eigenvalue weighted by molar-refractivity contribution is 5.83. The molecule has 2 aliphatic carbocycles. The summed E-state index contributed by atoms with van der Waals surface area (Å²) >= 11 is 0. The van der Waals surface area contributed by atoms with Gasteiger partial charge in [-0.2, -0.15) is 5.10 Å². The minimum absolute atomic E-state index is 0.111. The number of hydrogen-bond donors (Lipinski definition) is 2. The molecule has 0 aliphatic heterocycles. The van der Waals surface area contributed by atoms with Crippen molar-refractivity contribution in [2.75, 3.05) is 6.54 Å². The van der Waals surface area contributed by atoms with Gasteiger partial charge in [0.25, 0.3) is 0 Å². The molecule has 0 spiro atoms. The monoisotopic (exact) mass is 290 g/mol. The van der Waals surface area contributed by atoms with Crippen LogP contribution < -0.4 is 11.1 Å². The second kappa shape index (κ2) is 5.79. The Bertz CT molecular complexity index is 516. The van der Waals surface area contributed by atoms with Crippen LogP contribution >= 0.6 is 0 Å². The molecule has 5 heteroatoms. The van der Waals surface area contributed by atoms with E-state index in [0.717, 1.165) is 44.9 Å². The molecule has 116 valence electrons.